The lowest BCUT2D eigenvalue weighted by atomic mass is 9.96. The first-order valence-corrected chi connectivity index (χ1v) is 5.95. The van der Waals surface area contributed by atoms with Gasteiger partial charge in [-0.2, -0.15) is 5.26 Å². The molecule has 0 spiro atoms. The summed E-state index contributed by atoms with van der Waals surface area (Å²) < 4.78 is 5.12. The van der Waals surface area contributed by atoms with Gasteiger partial charge in [0.2, 0.25) is 0 Å². The molecule has 2 atom stereocenters. The highest BCUT2D eigenvalue weighted by molar-refractivity contribution is 5.03. The van der Waals surface area contributed by atoms with Gasteiger partial charge in [-0.3, -0.25) is 4.90 Å². The summed E-state index contributed by atoms with van der Waals surface area (Å²) in [6.45, 7) is 5.62. The number of nitrogens with two attached hydrogens (primary N) is 1. The molecule has 4 heteroatoms. The van der Waals surface area contributed by atoms with Gasteiger partial charge in [0.05, 0.1) is 12.7 Å². The van der Waals surface area contributed by atoms with Crippen LogP contribution >= 0.6 is 0 Å². The van der Waals surface area contributed by atoms with E-state index in [1.165, 1.54) is 12.8 Å². The van der Waals surface area contributed by atoms with E-state index in [4.69, 9.17) is 15.7 Å². The molecule has 1 fully saturated rings. The van der Waals surface area contributed by atoms with Crippen molar-refractivity contribution in [3.63, 3.8) is 0 Å². The van der Waals surface area contributed by atoms with Gasteiger partial charge in [-0.25, -0.2) is 0 Å². The van der Waals surface area contributed by atoms with Gasteiger partial charge in [0.25, 0.3) is 0 Å². The van der Waals surface area contributed by atoms with Crippen LogP contribution in [0.1, 0.15) is 33.1 Å². The lowest BCUT2D eigenvalue weighted by molar-refractivity contribution is 0.110. The van der Waals surface area contributed by atoms with Crippen molar-refractivity contribution < 1.29 is 4.74 Å². The maximum absolute atomic E-state index is 8.94. The normalized spacial score (nSPS) is 21.5. The van der Waals surface area contributed by atoms with Gasteiger partial charge in [0, 0.05) is 25.7 Å². The van der Waals surface area contributed by atoms with Gasteiger partial charge < -0.3 is 10.5 Å². The number of ether oxygens (including phenoxy) is 1. The number of methoxy groups -OCH3 is 1. The van der Waals surface area contributed by atoms with Gasteiger partial charge in [0.15, 0.2) is 0 Å². The Balaban J connectivity index is 2.47. The van der Waals surface area contributed by atoms with Crippen molar-refractivity contribution >= 4 is 0 Å². The minimum atomic E-state index is -0.723. The smallest absolute Gasteiger partial charge is 0.102 e. The largest absolute Gasteiger partial charge is 0.383 e. The van der Waals surface area contributed by atoms with Crippen LogP contribution in [0, 0.1) is 11.3 Å². The van der Waals surface area contributed by atoms with Crippen LogP contribution in [0.25, 0.3) is 0 Å². The zero-order valence-electron chi connectivity index (χ0n) is 10.6. The third kappa shape index (κ3) is 4.09. The second kappa shape index (κ2) is 5.62. The second-order valence-electron chi connectivity index (χ2n) is 5.04. The molecular weight excluding hydrogens is 202 g/mol. The lowest BCUT2D eigenvalue weighted by Gasteiger charge is -2.32. The number of hydrogen-bond acceptors (Lipinski definition) is 4. The zero-order chi connectivity index (χ0) is 12.2. The van der Waals surface area contributed by atoms with Crippen molar-refractivity contribution in [1.82, 2.24) is 4.90 Å². The average molecular weight is 225 g/mol. The summed E-state index contributed by atoms with van der Waals surface area (Å²) >= 11 is 0. The van der Waals surface area contributed by atoms with Gasteiger partial charge in [-0.15, -0.1) is 0 Å². The van der Waals surface area contributed by atoms with Crippen molar-refractivity contribution in [2.45, 2.75) is 50.7 Å². The molecule has 0 aromatic rings. The Kier molecular flexibility index (Phi) is 4.72. The first-order valence-electron chi connectivity index (χ1n) is 5.95. The molecule has 1 rings (SSSR count). The van der Waals surface area contributed by atoms with Gasteiger partial charge in [0.1, 0.15) is 5.54 Å². The van der Waals surface area contributed by atoms with E-state index in [-0.39, 0.29) is 0 Å². The SMILES string of the molecule is COCCN(C(C)CC(C)(N)C#N)C1CC1. The number of nitrogens with zero attached hydrogens (tertiary/aromatic N) is 2. The minimum Gasteiger partial charge on any atom is -0.383 e. The summed E-state index contributed by atoms with van der Waals surface area (Å²) in [5.41, 5.74) is 5.16. The zero-order valence-corrected chi connectivity index (χ0v) is 10.6. The van der Waals surface area contributed by atoms with E-state index >= 15 is 0 Å². The molecule has 16 heavy (non-hydrogen) atoms. The van der Waals surface area contributed by atoms with Crippen molar-refractivity contribution in [2.24, 2.45) is 5.73 Å². The molecule has 0 aliphatic heterocycles. The maximum Gasteiger partial charge on any atom is 0.102 e. The molecule has 2 N–H and O–H groups in total. The number of rotatable bonds is 7. The molecule has 4 nitrogen and oxygen atoms in total. The van der Waals surface area contributed by atoms with E-state index in [0.29, 0.717) is 18.5 Å². The quantitative estimate of drug-likeness (QED) is 0.705. The summed E-state index contributed by atoms with van der Waals surface area (Å²) in [6, 6.07) is 3.19. The summed E-state index contributed by atoms with van der Waals surface area (Å²) in [7, 11) is 1.72. The van der Waals surface area contributed by atoms with E-state index in [1.54, 1.807) is 14.0 Å². The molecule has 0 amide bonds. The maximum atomic E-state index is 8.94. The van der Waals surface area contributed by atoms with Crippen LogP contribution in [-0.4, -0.2) is 42.8 Å². The van der Waals surface area contributed by atoms with Gasteiger partial charge >= 0.3 is 0 Å². The molecule has 0 saturated heterocycles. The third-order valence-electron chi connectivity index (χ3n) is 3.11. The first-order chi connectivity index (χ1) is 7.50. The molecule has 1 aliphatic carbocycles. The monoisotopic (exact) mass is 225 g/mol. The molecule has 0 aromatic carbocycles. The molecule has 1 aliphatic rings. The number of hydrogen-bond donors (Lipinski definition) is 1. The molecule has 92 valence electrons. The van der Waals surface area contributed by atoms with E-state index in [1.807, 2.05) is 0 Å². The van der Waals surface area contributed by atoms with Crippen LogP contribution < -0.4 is 5.73 Å². The van der Waals surface area contributed by atoms with Crippen LogP contribution in [0.2, 0.25) is 0 Å². The summed E-state index contributed by atoms with van der Waals surface area (Å²) in [5.74, 6) is 0. The standard InChI is InChI=1S/C12H23N3O/c1-10(8-12(2,14)9-13)15(6-7-16-3)11-4-5-11/h10-11H,4-8,14H2,1-3H3. The Labute approximate surface area is 98.4 Å². The molecular formula is C12H23N3O. The summed E-state index contributed by atoms with van der Waals surface area (Å²) in [6.07, 6.45) is 3.24. The third-order valence-corrected chi connectivity index (χ3v) is 3.11. The summed E-state index contributed by atoms with van der Waals surface area (Å²) in [5, 5.41) is 8.94. The second-order valence-corrected chi connectivity index (χ2v) is 5.04. The Bertz CT molecular complexity index is 255. The predicted molar refractivity (Wildman–Crippen MR) is 63.9 cm³/mol. The van der Waals surface area contributed by atoms with Crippen molar-refractivity contribution in [2.75, 3.05) is 20.3 Å². The Morgan fingerprint density at radius 3 is 2.69 bits per heavy atom. The molecule has 0 heterocycles. The van der Waals surface area contributed by atoms with Crippen molar-refractivity contribution in [3.8, 4) is 6.07 Å². The average Bonchev–Trinajstić information content (AvgIpc) is 3.02. The predicted octanol–water partition coefficient (Wildman–Crippen LogP) is 1.12. The molecule has 0 bridgehead atoms. The van der Waals surface area contributed by atoms with Crippen LogP contribution in [0.5, 0.6) is 0 Å². The van der Waals surface area contributed by atoms with Gasteiger partial charge in [-0.05, 0) is 33.1 Å². The fraction of sp³-hybridized carbons (Fsp3) is 0.917. The van der Waals surface area contributed by atoms with Gasteiger partial charge in [-0.1, -0.05) is 0 Å². The molecule has 1 saturated carbocycles. The van der Waals surface area contributed by atoms with E-state index in [0.717, 1.165) is 13.2 Å². The van der Waals surface area contributed by atoms with Crippen molar-refractivity contribution in [3.05, 3.63) is 0 Å². The Morgan fingerprint density at radius 1 is 1.62 bits per heavy atom. The number of nitriles is 1. The van der Waals surface area contributed by atoms with Crippen LogP contribution in [0.4, 0.5) is 0 Å². The fourth-order valence-electron chi connectivity index (χ4n) is 2.14. The Hall–Kier alpha value is -0.630. The molecule has 0 radical (unpaired) electrons. The minimum absolute atomic E-state index is 0.345. The van der Waals surface area contributed by atoms with Crippen molar-refractivity contribution in [1.29, 1.82) is 5.26 Å². The first kappa shape index (κ1) is 13.4. The van der Waals surface area contributed by atoms with E-state index < -0.39 is 5.54 Å². The Morgan fingerprint density at radius 2 is 2.25 bits per heavy atom. The van der Waals surface area contributed by atoms with Crippen LogP contribution in [0.3, 0.4) is 0 Å². The molecule has 2 unspecified atom stereocenters. The highest BCUT2D eigenvalue weighted by atomic mass is 16.5. The highest BCUT2D eigenvalue weighted by Gasteiger charge is 2.34. The van der Waals surface area contributed by atoms with Crippen LogP contribution in [-0.2, 0) is 4.74 Å². The van der Waals surface area contributed by atoms with E-state index in [9.17, 15) is 0 Å². The van der Waals surface area contributed by atoms with Crippen LogP contribution in [0.15, 0.2) is 0 Å². The van der Waals surface area contributed by atoms with E-state index in [2.05, 4.69) is 17.9 Å². The lowest BCUT2D eigenvalue weighted by Crippen LogP contribution is -2.45. The summed E-state index contributed by atoms with van der Waals surface area (Å²) in [4.78, 5) is 2.42. The fourth-order valence-corrected chi connectivity index (χ4v) is 2.14. The highest BCUT2D eigenvalue weighted by Crippen LogP contribution is 2.30. The topological polar surface area (TPSA) is 62.3 Å². The molecule has 0 aromatic heterocycles.